The molecule has 0 aromatic heterocycles. The van der Waals surface area contributed by atoms with Gasteiger partial charge < -0.3 is 11.1 Å². The Labute approximate surface area is 140 Å². The van der Waals surface area contributed by atoms with Crippen LogP contribution in [-0.4, -0.2) is 5.91 Å². The quantitative estimate of drug-likeness (QED) is 0.544. The molecule has 0 unspecified atom stereocenters. The van der Waals surface area contributed by atoms with E-state index >= 15 is 0 Å². The Morgan fingerprint density at radius 3 is 2.35 bits per heavy atom. The molecule has 104 valence electrons. The molecule has 0 saturated carbocycles. The van der Waals surface area contributed by atoms with Gasteiger partial charge in [0.1, 0.15) is 0 Å². The van der Waals surface area contributed by atoms with Crippen LogP contribution in [0, 0.1) is 10.5 Å². The molecule has 0 fully saturated rings. The Hall–Kier alpha value is -0.980. The molecule has 0 aliphatic carbocycles. The molecule has 3 N–H and O–H groups in total. The first-order chi connectivity index (χ1) is 9.38. The fraction of sp³-hybridized carbons (Fsp3) is 0.0714. The summed E-state index contributed by atoms with van der Waals surface area (Å²) in [6.45, 7) is 1.93. The maximum Gasteiger partial charge on any atom is 0.255 e. The predicted molar refractivity (Wildman–Crippen MR) is 92.7 cm³/mol. The van der Waals surface area contributed by atoms with Gasteiger partial charge in [0.15, 0.2) is 0 Å². The molecule has 0 saturated heterocycles. The molecule has 0 aliphatic heterocycles. The van der Waals surface area contributed by atoms with E-state index in [-0.39, 0.29) is 21.6 Å². The predicted octanol–water partition coefficient (Wildman–Crippen LogP) is 4.74. The number of halogens is 3. The van der Waals surface area contributed by atoms with Gasteiger partial charge in [0.05, 0.1) is 15.7 Å². The molecule has 2 aromatic rings. The minimum absolute atomic E-state index is 0.266. The van der Waals surface area contributed by atoms with Gasteiger partial charge in [-0.1, -0.05) is 23.2 Å². The molecule has 1 amide bonds. The van der Waals surface area contributed by atoms with Crippen molar-refractivity contribution in [3.05, 3.63) is 55.1 Å². The molecule has 0 heterocycles. The largest absolute Gasteiger partial charge is 0.396 e. The monoisotopic (exact) mass is 420 g/mol. The van der Waals surface area contributed by atoms with Gasteiger partial charge in [-0.3, -0.25) is 4.79 Å². The summed E-state index contributed by atoms with van der Waals surface area (Å²) in [5, 5.41) is 3.36. The van der Waals surface area contributed by atoms with E-state index in [4.69, 9.17) is 28.9 Å². The lowest BCUT2D eigenvalue weighted by molar-refractivity contribution is 0.102. The summed E-state index contributed by atoms with van der Waals surface area (Å²) in [6, 6.07) is 8.76. The summed E-state index contributed by atoms with van der Waals surface area (Å²) in [7, 11) is 0. The molecule has 2 rings (SSSR count). The van der Waals surface area contributed by atoms with Crippen LogP contribution >= 0.6 is 45.8 Å². The van der Waals surface area contributed by atoms with E-state index in [9.17, 15) is 4.79 Å². The molecule has 2 aromatic carbocycles. The smallest absolute Gasteiger partial charge is 0.255 e. The highest BCUT2D eigenvalue weighted by molar-refractivity contribution is 14.1. The van der Waals surface area contributed by atoms with E-state index in [0.717, 1.165) is 14.8 Å². The number of benzene rings is 2. The number of anilines is 2. The standard InChI is InChI=1S/C14H11Cl2IN2O/c1-7-4-9(17)2-3-12(7)19-14(20)8-5-10(15)13(18)11(16)6-8/h2-6H,18H2,1H3,(H,19,20). The average Bonchev–Trinajstić information content (AvgIpc) is 2.38. The van der Waals surface area contributed by atoms with Crippen molar-refractivity contribution in [3.8, 4) is 0 Å². The van der Waals surface area contributed by atoms with Gasteiger partial charge in [0.25, 0.3) is 5.91 Å². The lowest BCUT2D eigenvalue weighted by atomic mass is 10.1. The zero-order chi connectivity index (χ0) is 14.9. The van der Waals surface area contributed by atoms with E-state index in [0.29, 0.717) is 5.56 Å². The molecule has 0 bridgehead atoms. The SMILES string of the molecule is Cc1cc(I)ccc1NC(=O)c1cc(Cl)c(N)c(Cl)c1. The van der Waals surface area contributed by atoms with Gasteiger partial charge in [0.2, 0.25) is 0 Å². The number of rotatable bonds is 2. The van der Waals surface area contributed by atoms with Crippen molar-refractivity contribution < 1.29 is 4.79 Å². The third-order valence-electron chi connectivity index (χ3n) is 2.78. The summed E-state index contributed by atoms with van der Waals surface area (Å²) in [6.07, 6.45) is 0. The van der Waals surface area contributed by atoms with Crippen LogP contribution in [0.25, 0.3) is 0 Å². The average molecular weight is 421 g/mol. The highest BCUT2D eigenvalue weighted by atomic mass is 127. The summed E-state index contributed by atoms with van der Waals surface area (Å²) in [5.74, 6) is -0.280. The van der Waals surface area contributed by atoms with Crippen LogP contribution in [0.1, 0.15) is 15.9 Å². The highest BCUT2D eigenvalue weighted by Gasteiger charge is 2.12. The third-order valence-corrected chi connectivity index (χ3v) is 4.07. The first-order valence-corrected chi connectivity index (χ1v) is 7.54. The van der Waals surface area contributed by atoms with Crippen molar-refractivity contribution in [1.29, 1.82) is 0 Å². The van der Waals surface area contributed by atoms with Crippen molar-refractivity contribution in [2.45, 2.75) is 6.92 Å². The second-order valence-electron chi connectivity index (χ2n) is 4.27. The maximum atomic E-state index is 12.2. The number of nitrogen functional groups attached to an aromatic ring is 1. The zero-order valence-corrected chi connectivity index (χ0v) is 14.2. The highest BCUT2D eigenvalue weighted by Crippen LogP contribution is 2.29. The van der Waals surface area contributed by atoms with E-state index in [1.165, 1.54) is 12.1 Å². The normalized spacial score (nSPS) is 10.4. The Balaban J connectivity index is 2.28. The number of nitrogens with one attached hydrogen (secondary N) is 1. The fourth-order valence-corrected chi connectivity index (χ4v) is 2.81. The minimum atomic E-state index is -0.280. The maximum absolute atomic E-state index is 12.2. The topological polar surface area (TPSA) is 55.1 Å². The van der Waals surface area contributed by atoms with Crippen LogP contribution in [0.2, 0.25) is 10.0 Å². The van der Waals surface area contributed by atoms with E-state index in [1.807, 2.05) is 25.1 Å². The Kier molecular flexibility index (Phi) is 4.78. The zero-order valence-electron chi connectivity index (χ0n) is 10.5. The van der Waals surface area contributed by atoms with Crippen LogP contribution in [0.15, 0.2) is 30.3 Å². The molecule has 0 radical (unpaired) electrons. The first-order valence-electron chi connectivity index (χ1n) is 5.70. The molecule has 6 heteroatoms. The molecular formula is C14H11Cl2IN2O. The van der Waals surface area contributed by atoms with E-state index in [2.05, 4.69) is 27.9 Å². The molecule has 0 spiro atoms. The molecular weight excluding hydrogens is 410 g/mol. The van der Waals surface area contributed by atoms with Gasteiger partial charge in [-0.25, -0.2) is 0 Å². The molecule has 3 nitrogen and oxygen atoms in total. The summed E-state index contributed by atoms with van der Waals surface area (Å²) in [4.78, 5) is 12.2. The second kappa shape index (κ2) is 6.20. The lowest BCUT2D eigenvalue weighted by Crippen LogP contribution is -2.13. The number of hydrogen-bond donors (Lipinski definition) is 2. The number of carbonyl (C=O) groups excluding carboxylic acids is 1. The Morgan fingerprint density at radius 2 is 1.80 bits per heavy atom. The van der Waals surface area contributed by atoms with Gasteiger partial charge in [-0.15, -0.1) is 0 Å². The van der Waals surface area contributed by atoms with Crippen LogP contribution < -0.4 is 11.1 Å². The van der Waals surface area contributed by atoms with Gasteiger partial charge in [-0.2, -0.15) is 0 Å². The molecule has 0 atom stereocenters. The first kappa shape index (κ1) is 15.4. The van der Waals surface area contributed by atoms with E-state index in [1.54, 1.807) is 0 Å². The molecule has 0 aliphatic rings. The van der Waals surface area contributed by atoms with Gasteiger partial charge in [-0.05, 0) is 65.4 Å². The van der Waals surface area contributed by atoms with Gasteiger partial charge in [0, 0.05) is 14.8 Å². The van der Waals surface area contributed by atoms with Crippen molar-refractivity contribution in [2.24, 2.45) is 0 Å². The minimum Gasteiger partial charge on any atom is -0.396 e. The number of amides is 1. The lowest BCUT2D eigenvalue weighted by Gasteiger charge is -2.10. The summed E-state index contributed by atoms with van der Waals surface area (Å²) in [5.41, 5.74) is 8.02. The summed E-state index contributed by atoms with van der Waals surface area (Å²) >= 11 is 14.1. The number of carbonyl (C=O) groups is 1. The van der Waals surface area contributed by atoms with Crippen LogP contribution in [0.3, 0.4) is 0 Å². The van der Waals surface area contributed by atoms with Crippen molar-refractivity contribution in [2.75, 3.05) is 11.1 Å². The molecule has 20 heavy (non-hydrogen) atoms. The number of hydrogen-bond acceptors (Lipinski definition) is 2. The fourth-order valence-electron chi connectivity index (χ4n) is 1.68. The second-order valence-corrected chi connectivity index (χ2v) is 6.33. The van der Waals surface area contributed by atoms with Crippen LogP contribution in [-0.2, 0) is 0 Å². The van der Waals surface area contributed by atoms with Gasteiger partial charge >= 0.3 is 0 Å². The Morgan fingerprint density at radius 1 is 1.20 bits per heavy atom. The van der Waals surface area contributed by atoms with E-state index < -0.39 is 0 Å². The van der Waals surface area contributed by atoms with Crippen LogP contribution in [0.5, 0.6) is 0 Å². The number of nitrogens with two attached hydrogens (primary N) is 1. The van der Waals surface area contributed by atoms with Crippen molar-refractivity contribution >= 4 is 63.1 Å². The van der Waals surface area contributed by atoms with Crippen molar-refractivity contribution in [3.63, 3.8) is 0 Å². The van der Waals surface area contributed by atoms with Crippen molar-refractivity contribution in [1.82, 2.24) is 0 Å². The summed E-state index contributed by atoms with van der Waals surface area (Å²) < 4.78 is 1.11. The number of aryl methyl sites for hydroxylation is 1. The van der Waals surface area contributed by atoms with Crippen LogP contribution in [0.4, 0.5) is 11.4 Å². The third kappa shape index (κ3) is 3.37. The Bertz CT molecular complexity index is 666.